The van der Waals surface area contributed by atoms with Crippen LogP contribution in [0.1, 0.15) is 20.7 Å². The third-order valence-electron chi connectivity index (χ3n) is 3.14. The quantitative estimate of drug-likeness (QED) is 0.522. The molecule has 0 spiro atoms. The normalized spacial score (nSPS) is 10.7. The van der Waals surface area contributed by atoms with E-state index in [1.807, 2.05) is 0 Å². The Morgan fingerprint density at radius 3 is 2.61 bits per heavy atom. The summed E-state index contributed by atoms with van der Waals surface area (Å²) in [6.07, 6.45) is 1.29. The number of hydrogen-bond acceptors (Lipinski definition) is 5. The van der Waals surface area contributed by atoms with E-state index in [1.54, 1.807) is 12.1 Å². The number of hydrogen-bond donors (Lipinski definition) is 0. The second-order valence-corrected chi connectivity index (χ2v) is 5.48. The van der Waals surface area contributed by atoms with Crippen molar-refractivity contribution in [1.29, 1.82) is 0 Å². The highest BCUT2D eigenvalue weighted by Crippen LogP contribution is 2.23. The van der Waals surface area contributed by atoms with Crippen molar-refractivity contribution in [1.82, 2.24) is 4.98 Å². The zero-order chi connectivity index (χ0) is 16.4. The Bertz CT molecular complexity index is 904. The van der Waals surface area contributed by atoms with Crippen LogP contribution in [0.5, 0.6) is 0 Å². The summed E-state index contributed by atoms with van der Waals surface area (Å²) in [4.78, 5) is 27.9. The Kier molecular flexibility index (Phi) is 4.32. The number of Topliss-reactive ketones (excluding diaryl/α,β-unsaturated/α-hetero) is 1. The molecule has 0 fully saturated rings. The van der Waals surface area contributed by atoms with Crippen LogP contribution >= 0.6 is 23.2 Å². The number of aromatic nitrogens is 1. The third kappa shape index (κ3) is 3.36. The van der Waals surface area contributed by atoms with E-state index in [1.165, 1.54) is 30.7 Å². The van der Waals surface area contributed by atoms with Crippen molar-refractivity contribution in [3.8, 4) is 0 Å². The number of oxazole rings is 1. The number of halogens is 2. The monoisotopic (exact) mass is 349 g/mol. The van der Waals surface area contributed by atoms with Crippen molar-refractivity contribution < 1.29 is 18.7 Å². The number of ketones is 1. The minimum atomic E-state index is -0.622. The molecule has 1 heterocycles. The summed E-state index contributed by atoms with van der Waals surface area (Å²) in [6, 6.07) is 9.15. The van der Waals surface area contributed by atoms with E-state index >= 15 is 0 Å². The van der Waals surface area contributed by atoms with Crippen LogP contribution in [0.15, 0.2) is 47.2 Å². The van der Waals surface area contributed by atoms with Gasteiger partial charge in [-0.05, 0) is 36.4 Å². The van der Waals surface area contributed by atoms with Crippen molar-refractivity contribution in [3.63, 3.8) is 0 Å². The van der Waals surface area contributed by atoms with Gasteiger partial charge in [-0.1, -0.05) is 23.2 Å². The first kappa shape index (κ1) is 15.5. The molecule has 0 radical (unpaired) electrons. The molecule has 3 aromatic rings. The summed E-state index contributed by atoms with van der Waals surface area (Å²) in [7, 11) is 0. The molecule has 0 aliphatic rings. The van der Waals surface area contributed by atoms with Gasteiger partial charge in [0.15, 0.2) is 24.4 Å². The molecule has 0 unspecified atom stereocenters. The fraction of sp³-hybridized carbons (Fsp3) is 0.0625. The van der Waals surface area contributed by atoms with Gasteiger partial charge in [0.25, 0.3) is 0 Å². The molecule has 3 rings (SSSR count). The second-order valence-electron chi connectivity index (χ2n) is 4.66. The summed E-state index contributed by atoms with van der Waals surface area (Å²) in [5, 5.41) is 0.612. The van der Waals surface area contributed by atoms with E-state index in [0.29, 0.717) is 21.7 Å². The minimum Gasteiger partial charge on any atom is -0.454 e. The van der Waals surface area contributed by atoms with Crippen molar-refractivity contribution in [2.75, 3.05) is 6.61 Å². The SMILES string of the molecule is O=C(COC(=O)c1ccc2ocnc2c1)c1ccc(Cl)c(Cl)c1. The smallest absolute Gasteiger partial charge is 0.338 e. The molecule has 0 aliphatic heterocycles. The minimum absolute atomic E-state index is 0.264. The lowest BCUT2D eigenvalue weighted by atomic mass is 10.1. The van der Waals surface area contributed by atoms with Crippen molar-refractivity contribution >= 4 is 46.1 Å². The maximum atomic E-state index is 12.0. The van der Waals surface area contributed by atoms with E-state index in [4.69, 9.17) is 32.4 Å². The zero-order valence-electron chi connectivity index (χ0n) is 11.6. The van der Waals surface area contributed by atoms with Crippen LogP contribution in [-0.2, 0) is 4.74 Å². The second kappa shape index (κ2) is 6.40. The molecule has 0 aliphatic carbocycles. The fourth-order valence-electron chi connectivity index (χ4n) is 1.95. The van der Waals surface area contributed by atoms with Crippen LogP contribution in [0.25, 0.3) is 11.1 Å². The first-order valence-corrected chi connectivity index (χ1v) is 7.29. The molecule has 2 aromatic carbocycles. The highest BCUT2D eigenvalue weighted by Gasteiger charge is 2.14. The first-order chi connectivity index (χ1) is 11.0. The van der Waals surface area contributed by atoms with Gasteiger partial charge in [-0.3, -0.25) is 4.79 Å². The standard InChI is InChI=1S/C16H9Cl2NO4/c17-11-3-1-9(5-12(11)18)14(20)7-22-16(21)10-2-4-15-13(6-10)19-8-23-15/h1-6,8H,7H2. The predicted octanol–water partition coefficient (Wildman–Crippen LogP) is 4.17. The van der Waals surface area contributed by atoms with Crippen LogP contribution in [0, 0.1) is 0 Å². The van der Waals surface area contributed by atoms with Gasteiger partial charge in [-0.2, -0.15) is 0 Å². The maximum Gasteiger partial charge on any atom is 0.338 e. The lowest BCUT2D eigenvalue weighted by Crippen LogP contribution is -2.14. The molecule has 0 N–H and O–H groups in total. The van der Waals surface area contributed by atoms with Crippen molar-refractivity contribution in [2.24, 2.45) is 0 Å². The number of rotatable bonds is 4. The highest BCUT2D eigenvalue weighted by atomic mass is 35.5. The number of carbonyl (C=O) groups excluding carboxylic acids is 2. The van der Waals surface area contributed by atoms with Crippen LogP contribution in [0.4, 0.5) is 0 Å². The summed E-state index contributed by atoms with van der Waals surface area (Å²) in [5.74, 6) is -0.997. The third-order valence-corrected chi connectivity index (χ3v) is 3.88. The molecule has 116 valence electrons. The molecule has 5 nitrogen and oxygen atoms in total. The maximum absolute atomic E-state index is 12.0. The van der Waals surface area contributed by atoms with E-state index in [2.05, 4.69) is 4.98 Å². The van der Waals surface area contributed by atoms with Crippen LogP contribution in [0.3, 0.4) is 0 Å². The lowest BCUT2D eigenvalue weighted by Gasteiger charge is -2.05. The molecule has 7 heteroatoms. The summed E-state index contributed by atoms with van der Waals surface area (Å²) >= 11 is 11.6. The van der Waals surface area contributed by atoms with Gasteiger partial charge in [0.2, 0.25) is 0 Å². The Labute approximate surface area is 140 Å². The molecule has 0 bridgehead atoms. The van der Waals surface area contributed by atoms with Gasteiger partial charge in [-0.25, -0.2) is 9.78 Å². The van der Waals surface area contributed by atoms with Gasteiger partial charge >= 0.3 is 5.97 Å². The number of fused-ring (bicyclic) bond motifs is 1. The van der Waals surface area contributed by atoms with Gasteiger partial charge < -0.3 is 9.15 Å². The fourth-order valence-corrected chi connectivity index (χ4v) is 2.25. The van der Waals surface area contributed by atoms with Gasteiger partial charge in [0, 0.05) is 5.56 Å². The summed E-state index contributed by atoms with van der Waals surface area (Å²) in [6.45, 7) is -0.395. The molecule has 0 saturated heterocycles. The molecule has 1 aromatic heterocycles. The van der Waals surface area contributed by atoms with Gasteiger partial charge in [0.1, 0.15) is 5.52 Å². The lowest BCUT2D eigenvalue weighted by molar-refractivity contribution is 0.0475. The molecular formula is C16H9Cl2NO4. The Balaban J connectivity index is 1.68. The molecule has 0 saturated carbocycles. The van der Waals surface area contributed by atoms with Crippen LogP contribution < -0.4 is 0 Å². The van der Waals surface area contributed by atoms with E-state index in [9.17, 15) is 9.59 Å². The topological polar surface area (TPSA) is 69.4 Å². The largest absolute Gasteiger partial charge is 0.454 e. The molecular weight excluding hydrogens is 341 g/mol. The van der Waals surface area contributed by atoms with Crippen LogP contribution in [0.2, 0.25) is 10.0 Å². The highest BCUT2D eigenvalue weighted by molar-refractivity contribution is 6.42. The number of nitrogens with zero attached hydrogens (tertiary/aromatic N) is 1. The average molecular weight is 350 g/mol. The molecule has 0 amide bonds. The molecule has 0 atom stereocenters. The molecule has 23 heavy (non-hydrogen) atoms. The van der Waals surface area contributed by atoms with E-state index < -0.39 is 12.6 Å². The Morgan fingerprint density at radius 1 is 1.04 bits per heavy atom. The Hall–Kier alpha value is -2.37. The number of carbonyl (C=O) groups is 2. The van der Waals surface area contributed by atoms with E-state index in [-0.39, 0.29) is 16.4 Å². The van der Waals surface area contributed by atoms with Gasteiger partial charge in [0.05, 0.1) is 15.6 Å². The predicted molar refractivity (Wildman–Crippen MR) is 85.1 cm³/mol. The van der Waals surface area contributed by atoms with Crippen molar-refractivity contribution in [2.45, 2.75) is 0 Å². The zero-order valence-corrected chi connectivity index (χ0v) is 13.1. The Morgan fingerprint density at radius 2 is 1.83 bits per heavy atom. The van der Waals surface area contributed by atoms with Gasteiger partial charge in [-0.15, -0.1) is 0 Å². The average Bonchev–Trinajstić information content (AvgIpc) is 3.02. The van der Waals surface area contributed by atoms with Crippen molar-refractivity contribution in [3.05, 3.63) is 64.0 Å². The number of ether oxygens (including phenoxy) is 1. The van der Waals surface area contributed by atoms with Crippen LogP contribution in [-0.4, -0.2) is 23.3 Å². The number of benzene rings is 2. The summed E-state index contributed by atoms with van der Waals surface area (Å²) in [5.41, 5.74) is 1.70. The summed E-state index contributed by atoms with van der Waals surface area (Å²) < 4.78 is 10.1. The first-order valence-electron chi connectivity index (χ1n) is 6.53. The number of esters is 1. The van der Waals surface area contributed by atoms with E-state index in [0.717, 1.165) is 0 Å².